The van der Waals surface area contributed by atoms with Crippen LogP contribution in [0.1, 0.15) is 38.2 Å². The predicted molar refractivity (Wildman–Crippen MR) is 143 cm³/mol. The number of carbonyl (C=O) groups excluding carboxylic acids is 1. The minimum atomic E-state index is -0.118. The quantitative estimate of drug-likeness (QED) is 0.230. The molecule has 4 N–H and O–H groups in total. The van der Waals surface area contributed by atoms with Gasteiger partial charge in [-0.25, -0.2) is 0 Å². The molecule has 0 atom stereocenters. The molecule has 0 aromatic heterocycles. The average Bonchev–Trinajstić information content (AvgIpc) is 2.88. The minimum absolute atomic E-state index is 0.0148. The maximum Gasteiger partial charge on any atom is 0.251 e. The van der Waals surface area contributed by atoms with Crippen LogP contribution in [0.25, 0.3) is 0 Å². The van der Waals surface area contributed by atoms with E-state index in [1.54, 1.807) is 0 Å². The van der Waals surface area contributed by atoms with Gasteiger partial charge < -0.3 is 16.0 Å². The molecule has 0 fully saturated rings. The number of aryl methyl sites for hydroxylation is 1. The molecule has 35 heavy (non-hydrogen) atoms. The molecule has 0 bridgehead atoms. The fraction of sp³-hybridized carbons (Fsp3) is 0.133. The minimum Gasteiger partial charge on any atom is -0.384 e. The number of rotatable bonds is 9. The van der Waals surface area contributed by atoms with E-state index in [4.69, 9.17) is 11.1 Å². The standard InChI is InChI=1S/C30H30N4O/c1-22-9-8-14-26(17-22)30(35)33-19-27-16-15-25(29(31)32)18-28(27)34(20-23-10-4-2-5-11-23)21-24-12-6-3-7-13-24/h2-18H,19-21H2,1H3,(H3,31,32)(H,33,35). The number of amides is 1. The molecule has 0 aliphatic rings. The molecule has 0 aliphatic carbocycles. The van der Waals surface area contributed by atoms with Crippen molar-refractivity contribution >= 4 is 17.4 Å². The normalized spacial score (nSPS) is 10.5. The zero-order valence-electron chi connectivity index (χ0n) is 19.9. The van der Waals surface area contributed by atoms with Crippen LogP contribution in [-0.4, -0.2) is 11.7 Å². The van der Waals surface area contributed by atoms with Crippen molar-refractivity contribution in [2.24, 2.45) is 5.73 Å². The summed E-state index contributed by atoms with van der Waals surface area (Å²) >= 11 is 0. The molecule has 0 saturated carbocycles. The zero-order valence-corrected chi connectivity index (χ0v) is 19.9. The molecule has 0 aliphatic heterocycles. The number of anilines is 1. The summed E-state index contributed by atoms with van der Waals surface area (Å²) in [6.07, 6.45) is 0. The van der Waals surface area contributed by atoms with Gasteiger partial charge in [-0.05, 0) is 41.8 Å². The average molecular weight is 463 g/mol. The van der Waals surface area contributed by atoms with Crippen molar-refractivity contribution in [2.45, 2.75) is 26.6 Å². The summed E-state index contributed by atoms with van der Waals surface area (Å²) in [6, 6.07) is 33.9. The highest BCUT2D eigenvalue weighted by Crippen LogP contribution is 2.27. The Morgan fingerprint density at radius 2 is 1.43 bits per heavy atom. The molecule has 4 aromatic carbocycles. The number of nitrogen functional groups attached to an aromatic ring is 1. The lowest BCUT2D eigenvalue weighted by Gasteiger charge is -2.28. The maximum absolute atomic E-state index is 12.8. The Morgan fingerprint density at radius 3 is 2.00 bits per heavy atom. The number of benzene rings is 4. The van der Waals surface area contributed by atoms with E-state index in [9.17, 15) is 4.79 Å². The summed E-state index contributed by atoms with van der Waals surface area (Å²) in [5.41, 5.74) is 12.4. The Kier molecular flexibility index (Phi) is 7.58. The van der Waals surface area contributed by atoms with Gasteiger partial charge in [-0.2, -0.15) is 0 Å². The first-order chi connectivity index (χ1) is 17.0. The third-order valence-corrected chi connectivity index (χ3v) is 5.89. The number of hydrogen-bond donors (Lipinski definition) is 3. The lowest BCUT2D eigenvalue weighted by atomic mass is 10.0. The molecule has 0 unspecified atom stereocenters. The van der Waals surface area contributed by atoms with E-state index in [0.29, 0.717) is 30.8 Å². The van der Waals surface area contributed by atoms with Crippen molar-refractivity contribution in [1.29, 1.82) is 5.41 Å². The largest absolute Gasteiger partial charge is 0.384 e. The van der Waals surface area contributed by atoms with E-state index < -0.39 is 0 Å². The Balaban J connectivity index is 1.67. The first-order valence-corrected chi connectivity index (χ1v) is 11.6. The number of amidine groups is 1. The summed E-state index contributed by atoms with van der Waals surface area (Å²) in [5, 5.41) is 11.0. The van der Waals surface area contributed by atoms with Gasteiger partial charge in [0.2, 0.25) is 0 Å². The van der Waals surface area contributed by atoms with Gasteiger partial charge in [-0.3, -0.25) is 10.2 Å². The fourth-order valence-electron chi connectivity index (χ4n) is 4.07. The second-order valence-corrected chi connectivity index (χ2v) is 8.64. The number of nitrogens with two attached hydrogens (primary N) is 1. The smallest absolute Gasteiger partial charge is 0.251 e. The number of carbonyl (C=O) groups is 1. The van der Waals surface area contributed by atoms with Gasteiger partial charge in [0.05, 0.1) is 0 Å². The Hall–Kier alpha value is -4.38. The topological polar surface area (TPSA) is 82.2 Å². The van der Waals surface area contributed by atoms with Gasteiger partial charge >= 0.3 is 0 Å². The Morgan fingerprint density at radius 1 is 0.800 bits per heavy atom. The third kappa shape index (κ3) is 6.36. The molecule has 5 heteroatoms. The maximum atomic E-state index is 12.8. The van der Waals surface area contributed by atoms with Crippen LogP contribution in [0.3, 0.4) is 0 Å². The first kappa shape index (κ1) is 23.8. The number of nitrogens with zero attached hydrogens (tertiary/aromatic N) is 1. The van der Waals surface area contributed by atoms with Crippen molar-refractivity contribution in [3.8, 4) is 0 Å². The molecule has 1 amide bonds. The van der Waals surface area contributed by atoms with Gasteiger partial charge in [0.15, 0.2) is 0 Å². The molecule has 0 radical (unpaired) electrons. The van der Waals surface area contributed by atoms with Crippen LogP contribution in [0, 0.1) is 12.3 Å². The van der Waals surface area contributed by atoms with Crippen molar-refractivity contribution in [1.82, 2.24) is 5.32 Å². The van der Waals surface area contributed by atoms with Crippen molar-refractivity contribution in [2.75, 3.05) is 4.90 Å². The zero-order chi connectivity index (χ0) is 24.6. The van der Waals surface area contributed by atoms with Crippen molar-refractivity contribution in [3.05, 3.63) is 137 Å². The highest BCUT2D eigenvalue weighted by molar-refractivity contribution is 5.96. The molecule has 0 heterocycles. The van der Waals surface area contributed by atoms with Crippen LogP contribution < -0.4 is 16.0 Å². The van der Waals surface area contributed by atoms with Crippen LogP contribution in [0.4, 0.5) is 5.69 Å². The van der Waals surface area contributed by atoms with Crippen molar-refractivity contribution in [3.63, 3.8) is 0 Å². The van der Waals surface area contributed by atoms with Gasteiger partial charge in [0.25, 0.3) is 5.91 Å². The van der Waals surface area contributed by atoms with E-state index in [2.05, 4.69) is 34.5 Å². The van der Waals surface area contributed by atoms with Crippen LogP contribution in [0.15, 0.2) is 103 Å². The lowest BCUT2D eigenvalue weighted by molar-refractivity contribution is 0.0951. The van der Waals surface area contributed by atoms with Gasteiger partial charge in [-0.15, -0.1) is 0 Å². The Labute approximate surface area is 206 Å². The number of nitrogens with one attached hydrogen (secondary N) is 2. The number of hydrogen-bond acceptors (Lipinski definition) is 3. The second-order valence-electron chi connectivity index (χ2n) is 8.64. The van der Waals surface area contributed by atoms with Crippen LogP contribution in [0.2, 0.25) is 0 Å². The second kappa shape index (κ2) is 11.2. The highest BCUT2D eigenvalue weighted by Gasteiger charge is 2.16. The van der Waals surface area contributed by atoms with Gasteiger partial charge in [0.1, 0.15) is 5.84 Å². The Bertz CT molecular complexity index is 1260. The van der Waals surface area contributed by atoms with E-state index in [1.807, 2.05) is 85.8 Å². The highest BCUT2D eigenvalue weighted by atomic mass is 16.1. The van der Waals surface area contributed by atoms with Crippen molar-refractivity contribution < 1.29 is 4.79 Å². The van der Waals surface area contributed by atoms with Crippen LogP contribution in [0.5, 0.6) is 0 Å². The van der Waals surface area contributed by atoms with E-state index in [-0.39, 0.29) is 11.7 Å². The van der Waals surface area contributed by atoms with E-state index >= 15 is 0 Å². The summed E-state index contributed by atoms with van der Waals surface area (Å²) in [5.74, 6) is -0.103. The molecule has 5 nitrogen and oxygen atoms in total. The van der Waals surface area contributed by atoms with E-state index in [0.717, 1.165) is 16.8 Å². The van der Waals surface area contributed by atoms with Crippen LogP contribution in [-0.2, 0) is 19.6 Å². The predicted octanol–water partition coefficient (Wildman–Crippen LogP) is 5.42. The monoisotopic (exact) mass is 462 g/mol. The molecule has 0 saturated heterocycles. The summed E-state index contributed by atoms with van der Waals surface area (Å²) in [4.78, 5) is 15.1. The summed E-state index contributed by atoms with van der Waals surface area (Å²) in [7, 11) is 0. The van der Waals surface area contributed by atoms with E-state index in [1.165, 1.54) is 11.1 Å². The van der Waals surface area contributed by atoms with Gasteiger partial charge in [-0.1, -0.05) is 90.5 Å². The summed E-state index contributed by atoms with van der Waals surface area (Å²) < 4.78 is 0. The third-order valence-electron chi connectivity index (χ3n) is 5.89. The first-order valence-electron chi connectivity index (χ1n) is 11.6. The molecule has 176 valence electrons. The molecule has 4 aromatic rings. The summed E-state index contributed by atoms with van der Waals surface area (Å²) in [6.45, 7) is 3.69. The molecular formula is C30H30N4O. The fourth-order valence-corrected chi connectivity index (χ4v) is 4.07. The molecule has 4 rings (SSSR count). The SMILES string of the molecule is Cc1cccc(C(=O)NCc2ccc(C(=N)N)cc2N(Cc2ccccc2)Cc2ccccc2)c1. The molecule has 0 spiro atoms. The molecular weight excluding hydrogens is 432 g/mol. The van der Waals surface area contributed by atoms with Crippen LogP contribution >= 0.6 is 0 Å². The lowest BCUT2D eigenvalue weighted by Crippen LogP contribution is -2.27. The van der Waals surface area contributed by atoms with Gasteiger partial charge in [0, 0.05) is 36.4 Å².